The van der Waals surface area contributed by atoms with Crippen LogP contribution in [0, 0.1) is 0 Å². The first kappa shape index (κ1) is 50.5. The number of phenols is 1. The Morgan fingerprint density at radius 3 is 1.54 bits per heavy atom. The Kier molecular flexibility index (Phi) is 17.7. The molecule has 2 aliphatic rings. The monoisotopic (exact) mass is 1010 g/mol. The smallest absolute Gasteiger partial charge is 0.247 e. The fourth-order valence-corrected chi connectivity index (χ4v) is 8.41. The Balaban J connectivity index is 0.000000198. The third-order valence-corrected chi connectivity index (χ3v) is 12.0. The summed E-state index contributed by atoms with van der Waals surface area (Å²) in [6.07, 6.45) is 11.8. The number of nitrogens with one attached hydrogen (secondary N) is 2. The van der Waals surface area contributed by atoms with E-state index in [0.29, 0.717) is 74.3 Å². The van der Waals surface area contributed by atoms with E-state index in [1.165, 1.54) is 25.7 Å². The van der Waals surface area contributed by atoms with Crippen molar-refractivity contribution in [1.82, 2.24) is 50.1 Å². The standard InChI is InChI=1S/C25H25ClN6O2.C24H23ClN6O2.2ClH/c1-33-19-6-7-21(26)20(15-19)17-13-22-24(23(14-17)34-12-11-32-9-2-3-10-32)29-25(31-30-22)28-18-5-4-8-27-16-18;25-20-6-5-18(32)14-19(20)16-12-21-23(22(13-16)33-11-10-31-8-1-2-9-31)28-24(30-29-21)27-17-4-3-7-26-15-17;;/h4-8,13-16H,2-3,9-12H2,1H3,(H,28,29,31);3-7,12-15,32H,1-2,8-11H2,(H,27,28,30);2*1H. The third kappa shape index (κ3) is 13.0. The fourth-order valence-electron chi connectivity index (χ4n) is 7.96. The predicted octanol–water partition coefficient (Wildman–Crippen LogP) is 10.5. The number of halogens is 4. The van der Waals surface area contributed by atoms with Crippen molar-refractivity contribution in [1.29, 1.82) is 0 Å². The molecule has 0 radical (unpaired) electrons. The molecule has 0 aliphatic carbocycles. The van der Waals surface area contributed by atoms with Crippen molar-refractivity contribution < 1.29 is 19.3 Å². The van der Waals surface area contributed by atoms with Crippen molar-refractivity contribution in [2.24, 2.45) is 0 Å². The minimum absolute atomic E-state index is 0. The summed E-state index contributed by atoms with van der Waals surface area (Å²) in [5.41, 5.74) is 7.08. The van der Waals surface area contributed by atoms with Crippen molar-refractivity contribution in [2.45, 2.75) is 25.7 Å². The molecule has 69 heavy (non-hydrogen) atoms. The van der Waals surface area contributed by atoms with E-state index in [0.717, 1.165) is 73.1 Å². The molecule has 0 unspecified atom stereocenters. The van der Waals surface area contributed by atoms with Gasteiger partial charge in [-0.1, -0.05) is 23.2 Å². The van der Waals surface area contributed by atoms with Crippen molar-refractivity contribution in [3.05, 3.63) is 120 Å². The maximum Gasteiger partial charge on any atom is 0.247 e. The van der Waals surface area contributed by atoms with Gasteiger partial charge >= 0.3 is 0 Å². The van der Waals surface area contributed by atoms with Crippen LogP contribution in [0.5, 0.6) is 23.0 Å². The van der Waals surface area contributed by atoms with E-state index in [1.54, 1.807) is 50.1 Å². The van der Waals surface area contributed by atoms with Crippen LogP contribution in [-0.2, 0) is 0 Å². The summed E-state index contributed by atoms with van der Waals surface area (Å²) in [5.74, 6) is 2.79. The van der Waals surface area contributed by atoms with Crippen LogP contribution >= 0.6 is 48.0 Å². The van der Waals surface area contributed by atoms with Crippen molar-refractivity contribution in [2.75, 3.05) is 70.2 Å². The van der Waals surface area contributed by atoms with Gasteiger partial charge in [0.15, 0.2) is 0 Å². The summed E-state index contributed by atoms with van der Waals surface area (Å²) in [6, 6.07) is 25.4. The second-order valence-electron chi connectivity index (χ2n) is 16.0. The minimum Gasteiger partial charge on any atom is -0.508 e. The number of benzene rings is 4. The van der Waals surface area contributed by atoms with Crippen LogP contribution in [0.4, 0.5) is 23.3 Å². The molecule has 6 heterocycles. The highest BCUT2D eigenvalue weighted by Crippen LogP contribution is 2.38. The molecule has 4 aromatic heterocycles. The van der Waals surface area contributed by atoms with Gasteiger partial charge in [0.25, 0.3) is 0 Å². The zero-order valence-corrected chi connectivity index (χ0v) is 40.7. The van der Waals surface area contributed by atoms with Gasteiger partial charge in [0.05, 0.1) is 30.9 Å². The van der Waals surface area contributed by atoms with Crippen LogP contribution in [-0.4, -0.2) is 115 Å². The van der Waals surface area contributed by atoms with E-state index in [4.69, 9.17) is 42.4 Å². The van der Waals surface area contributed by atoms with Gasteiger partial charge in [-0.3, -0.25) is 19.8 Å². The van der Waals surface area contributed by atoms with E-state index < -0.39 is 0 Å². The summed E-state index contributed by atoms with van der Waals surface area (Å²) >= 11 is 12.9. The topological polar surface area (TPSA) is 182 Å². The number of hydrogen-bond donors (Lipinski definition) is 3. The predicted molar refractivity (Wildman–Crippen MR) is 276 cm³/mol. The van der Waals surface area contributed by atoms with E-state index in [-0.39, 0.29) is 30.6 Å². The van der Waals surface area contributed by atoms with Crippen LogP contribution in [0.15, 0.2) is 110 Å². The fraction of sp³-hybridized carbons (Fsp3) is 0.265. The third-order valence-electron chi connectivity index (χ3n) is 11.4. The highest BCUT2D eigenvalue weighted by atomic mass is 35.5. The quantitative estimate of drug-likeness (QED) is 0.0881. The van der Waals surface area contributed by atoms with E-state index in [9.17, 15) is 5.11 Å². The first-order valence-electron chi connectivity index (χ1n) is 22.1. The normalized spacial score (nSPS) is 13.5. The number of rotatable bonds is 15. The first-order valence-corrected chi connectivity index (χ1v) is 22.8. The van der Waals surface area contributed by atoms with Crippen LogP contribution in [0.3, 0.4) is 0 Å². The number of anilines is 4. The molecule has 0 spiro atoms. The second-order valence-corrected chi connectivity index (χ2v) is 16.8. The van der Waals surface area contributed by atoms with Crippen LogP contribution < -0.4 is 24.8 Å². The summed E-state index contributed by atoms with van der Waals surface area (Å²) < 4.78 is 17.9. The van der Waals surface area contributed by atoms with Gasteiger partial charge in [-0.05, 0) is 148 Å². The van der Waals surface area contributed by atoms with E-state index in [1.807, 2.05) is 66.7 Å². The maximum atomic E-state index is 9.97. The Morgan fingerprint density at radius 1 is 0.594 bits per heavy atom. The Morgan fingerprint density at radius 2 is 1.07 bits per heavy atom. The zero-order chi connectivity index (χ0) is 46.0. The SMILES string of the molecule is COc1ccc(Cl)c(-c2cc(OCCN3CCCC3)c3nc(Nc4cccnc4)nnc3c2)c1.Cl.Cl.Oc1ccc(Cl)c(-c2cc(OCCN3CCCC3)c3nc(Nc4cccnc4)nnc3c2)c1. The molecule has 8 aromatic rings. The van der Waals surface area contributed by atoms with Gasteiger partial charge in [0, 0.05) is 46.7 Å². The minimum atomic E-state index is 0. The molecule has 2 aliphatic heterocycles. The van der Waals surface area contributed by atoms with Gasteiger partial charge in [0.2, 0.25) is 11.9 Å². The summed E-state index contributed by atoms with van der Waals surface area (Å²) in [6.45, 7) is 7.24. The lowest BCUT2D eigenvalue weighted by Gasteiger charge is -2.16. The lowest BCUT2D eigenvalue weighted by Crippen LogP contribution is -2.25. The van der Waals surface area contributed by atoms with E-state index in [2.05, 4.69) is 55.8 Å². The molecule has 2 fully saturated rings. The molecule has 10 rings (SSSR count). The summed E-state index contributed by atoms with van der Waals surface area (Å²) in [4.78, 5) is 22.4. The molecule has 0 saturated carbocycles. The molecule has 358 valence electrons. The van der Waals surface area contributed by atoms with Crippen molar-refractivity contribution >= 4 is 93.4 Å². The Hall–Kier alpha value is -6.40. The molecule has 0 bridgehead atoms. The number of aromatic hydroxyl groups is 1. The number of hydrogen-bond acceptors (Lipinski definition) is 16. The molecular weight excluding hydrogens is 962 g/mol. The molecule has 3 N–H and O–H groups in total. The van der Waals surface area contributed by atoms with Crippen LogP contribution in [0.1, 0.15) is 25.7 Å². The van der Waals surface area contributed by atoms with Crippen molar-refractivity contribution in [3.63, 3.8) is 0 Å². The number of aromatic nitrogens is 8. The van der Waals surface area contributed by atoms with Crippen LogP contribution in [0.25, 0.3) is 44.3 Å². The average molecular weight is 1010 g/mol. The zero-order valence-electron chi connectivity index (χ0n) is 37.6. The summed E-state index contributed by atoms with van der Waals surface area (Å²) in [5, 5.41) is 34.6. The van der Waals surface area contributed by atoms with Gasteiger partial charge in [-0.25, -0.2) is 9.97 Å². The maximum absolute atomic E-state index is 9.97. The van der Waals surface area contributed by atoms with Gasteiger partial charge in [-0.2, -0.15) is 0 Å². The molecule has 16 nitrogen and oxygen atoms in total. The molecule has 0 atom stereocenters. The van der Waals surface area contributed by atoms with Gasteiger partial charge < -0.3 is 30.0 Å². The highest BCUT2D eigenvalue weighted by Gasteiger charge is 2.18. The number of nitrogens with zero attached hydrogens (tertiary/aromatic N) is 10. The number of methoxy groups -OCH3 is 1. The van der Waals surface area contributed by atoms with Gasteiger partial charge in [0.1, 0.15) is 58.3 Å². The number of pyridine rings is 2. The molecule has 0 amide bonds. The molecule has 20 heteroatoms. The second kappa shape index (κ2) is 24.2. The van der Waals surface area contributed by atoms with E-state index >= 15 is 0 Å². The molecule has 2 saturated heterocycles. The number of phenolic OH excluding ortho intramolecular Hbond substituents is 1. The Labute approximate surface area is 421 Å². The number of ether oxygens (including phenoxy) is 3. The average Bonchev–Trinajstić information content (AvgIpc) is 4.09. The largest absolute Gasteiger partial charge is 0.508 e. The number of fused-ring (bicyclic) bond motifs is 2. The first-order chi connectivity index (χ1) is 32.8. The molecule has 4 aromatic carbocycles. The highest BCUT2D eigenvalue weighted by molar-refractivity contribution is 6.33. The lowest BCUT2D eigenvalue weighted by atomic mass is 10.0. The Bertz CT molecular complexity index is 2950. The lowest BCUT2D eigenvalue weighted by molar-refractivity contribution is 0.239. The number of likely N-dealkylation sites (tertiary alicyclic amines) is 2. The van der Waals surface area contributed by atoms with Crippen molar-refractivity contribution in [3.8, 4) is 45.3 Å². The van der Waals surface area contributed by atoms with Crippen LogP contribution in [0.2, 0.25) is 10.0 Å². The summed E-state index contributed by atoms with van der Waals surface area (Å²) in [7, 11) is 1.63. The molecular formula is C49H50Cl4N12O4. The van der Waals surface area contributed by atoms with Gasteiger partial charge in [-0.15, -0.1) is 45.2 Å².